The van der Waals surface area contributed by atoms with E-state index in [9.17, 15) is 14.4 Å². The van der Waals surface area contributed by atoms with E-state index in [1.165, 1.54) is 22.7 Å². The molecule has 1 aliphatic heterocycles. The lowest BCUT2D eigenvalue weighted by Crippen LogP contribution is -2.31. The first-order chi connectivity index (χ1) is 11.9. The Bertz CT molecular complexity index is 721. The topological polar surface area (TPSA) is 68.6 Å². The minimum Gasteiger partial charge on any atom is -0.463 e. The SMILES string of the molecule is CCCn1c(C)cc(C(=O)CN2C(=O)CS/C2=C\C(=O)OCC)c1C. The number of aryl methyl sites for hydroxylation is 1. The fraction of sp³-hybridized carbons (Fsp3) is 0.500. The van der Waals surface area contributed by atoms with Crippen molar-refractivity contribution in [3.05, 3.63) is 34.1 Å². The molecule has 6 nitrogen and oxygen atoms in total. The van der Waals surface area contributed by atoms with Gasteiger partial charge in [0.15, 0.2) is 5.78 Å². The molecule has 0 atom stereocenters. The van der Waals surface area contributed by atoms with E-state index in [-0.39, 0.29) is 30.6 Å². The summed E-state index contributed by atoms with van der Waals surface area (Å²) in [6.45, 7) is 8.77. The molecular formula is C18H24N2O4S. The van der Waals surface area contributed by atoms with Gasteiger partial charge in [-0.3, -0.25) is 14.5 Å². The number of aromatic nitrogens is 1. The van der Waals surface area contributed by atoms with Crippen LogP contribution in [0.15, 0.2) is 17.2 Å². The van der Waals surface area contributed by atoms with E-state index in [0.717, 1.165) is 24.4 Å². The van der Waals surface area contributed by atoms with Crippen LogP contribution in [0, 0.1) is 13.8 Å². The van der Waals surface area contributed by atoms with Gasteiger partial charge < -0.3 is 9.30 Å². The molecule has 25 heavy (non-hydrogen) atoms. The number of thioether (sulfide) groups is 1. The maximum absolute atomic E-state index is 12.7. The molecule has 0 unspecified atom stereocenters. The normalized spacial score (nSPS) is 15.9. The summed E-state index contributed by atoms with van der Waals surface area (Å²) < 4.78 is 7.00. The summed E-state index contributed by atoms with van der Waals surface area (Å²) in [7, 11) is 0. The number of ether oxygens (including phenoxy) is 1. The van der Waals surface area contributed by atoms with Crippen LogP contribution in [0.2, 0.25) is 0 Å². The Kier molecular flexibility index (Phi) is 6.47. The largest absolute Gasteiger partial charge is 0.463 e. The molecule has 0 radical (unpaired) electrons. The van der Waals surface area contributed by atoms with Crippen molar-refractivity contribution < 1.29 is 19.1 Å². The monoisotopic (exact) mass is 364 g/mol. The second-order valence-electron chi connectivity index (χ2n) is 5.86. The fourth-order valence-corrected chi connectivity index (χ4v) is 3.79. The van der Waals surface area contributed by atoms with Gasteiger partial charge in [0.05, 0.1) is 30.0 Å². The van der Waals surface area contributed by atoms with Crippen LogP contribution >= 0.6 is 11.8 Å². The molecular weight excluding hydrogens is 340 g/mol. The first-order valence-corrected chi connectivity index (χ1v) is 9.39. The number of hydrogen-bond acceptors (Lipinski definition) is 5. The molecule has 0 spiro atoms. The van der Waals surface area contributed by atoms with Gasteiger partial charge in [-0.05, 0) is 33.3 Å². The van der Waals surface area contributed by atoms with Crippen molar-refractivity contribution in [3.63, 3.8) is 0 Å². The molecule has 1 aromatic rings. The smallest absolute Gasteiger partial charge is 0.333 e. The summed E-state index contributed by atoms with van der Waals surface area (Å²) in [5, 5.41) is 0.471. The minimum atomic E-state index is -0.502. The highest BCUT2D eigenvalue weighted by Crippen LogP contribution is 2.29. The van der Waals surface area contributed by atoms with E-state index in [1.807, 2.05) is 19.9 Å². The molecule has 1 amide bonds. The lowest BCUT2D eigenvalue weighted by Gasteiger charge is -2.16. The zero-order chi connectivity index (χ0) is 18.6. The number of hydrogen-bond donors (Lipinski definition) is 0. The highest BCUT2D eigenvalue weighted by molar-refractivity contribution is 8.04. The van der Waals surface area contributed by atoms with Crippen LogP contribution in [-0.2, 0) is 20.9 Å². The van der Waals surface area contributed by atoms with Crippen molar-refractivity contribution in [2.24, 2.45) is 0 Å². The van der Waals surface area contributed by atoms with E-state index in [2.05, 4.69) is 11.5 Å². The van der Waals surface area contributed by atoms with Gasteiger partial charge in [0, 0.05) is 23.5 Å². The fourth-order valence-electron chi connectivity index (χ4n) is 2.86. The summed E-state index contributed by atoms with van der Waals surface area (Å²) in [6, 6.07) is 1.87. The number of carbonyl (C=O) groups is 3. The molecule has 0 saturated carbocycles. The predicted molar refractivity (Wildman–Crippen MR) is 97.4 cm³/mol. The van der Waals surface area contributed by atoms with Crippen LogP contribution in [0.5, 0.6) is 0 Å². The van der Waals surface area contributed by atoms with Gasteiger partial charge in [0.25, 0.3) is 0 Å². The Balaban J connectivity index is 2.19. The zero-order valence-electron chi connectivity index (χ0n) is 15.1. The predicted octanol–water partition coefficient (Wildman–Crippen LogP) is 2.68. The number of rotatable bonds is 7. The Morgan fingerprint density at radius 1 is 1.32 bits per heavy atom. The number of esters is 1. The number of carbonyl (C=O) groups excluding carboxylic acids is 3. The van der Waals surface area contributed by atoms with Gasteiger partial charge in [-0.25, -0.2) is 4.79 Å². The maximum Gasteiger partial charge on any atom is 0.333 e. The lowest BCUT2D eigenvalue weighted by atomic mass is 10.1. The quantitative estimate of drug-likeness (QED) is 0.423. The number of nitrogens with zero attached hydrogens (tertiary/aromatic N) is 2. The van der Waals surface area contributed by atoms with Crippen LogP contribution in [0.25, 0.3) is 0 Å². The molecule has 0 aliphatic carbocycles. The second-order valence-corrected chi connectivity index (χ2v) is 6.86. The third kappa shape index (κ3) is 4.34. The summed E-state index contributed by atoms with van der Waals surface area (Å²) in [4.78, 5) is 37.9. The molecule has 0 bridgehead atoms. The lowest BCUT2D eigenvalue weighted by molar-refractivity contribution is -0.137. The third-order valence-corrected chi connectivity index (χ3v) is 5.09. The molecule has 1 fully saturated rings. The summed E-state index contributed by atoms with van der Waals surface area (Å²) in [5.74, 6) is -0.566. The molecule has 0 aromatic carbocycles. The van der Waals surface area contributed by atoms with Gasteiger partial charge in [0.2, 0.25) is 5.91 Å². The van der Waals surface area contributed by atoms with Crippen molar-refractivity contribution in [1.29, 1.82) is 0 Å². The molecule has 2 rings (SSSR count). The van der Waals surface area contributed by atoms with E-state index < -0.39 is 5.97 Å². The van der Waals surface area contributed by atoms with E-state index in [0.29, 0.717) is 10.6 Å². The summed E-state index contributed by atoms with van der Waals surface area (Å²) >= 11 is 1.25. The summed E-state index contributed by atoms with van der Waals surface area (Å²) in [5.41, 5.74) is 2.58. The maximum atomic E-state index is 12.7. The van der Waals surface area contributed by atoms with Gasteiger partial charge >= 0.3 is 5.97 Å². The van der Waals surface area contributed by atoms with Gasteiger partial charge in [0.1, 0.15) is 0 Å². The molecule has 7 heteroatoms. The average Bonchev–Trinajstić information content (AvgIpc) is 3.03. The molecule has 1 aromatic heterocycles. The highest BCUT2D eigenvalue weighted by atomic mass is 32.2. The third-order valence-electron chi connectivity index (χ3n) is 4.06. The first kappa shape index (κ1) is 19.3. The molecule has 2 heterocycles. The number of Topliss-reactive ketones (excluding diaryl/α,β-unsaturated/α-hetero) is 1. The van der Waals surface area contributed by atoms with E-state index >= 15 is 0 Å². The molecule has 0 N–H and O–H groups in total. The van der Waals surface area contributed by atoms with Crippen LogP contribution in [0.3, 0.4) is 0 Å². The van der Waals surface area contributed by atoms with Crippen molar-refractivity contribution in [2.75, 3.05) is 18.9 Å². The van der Waals surface area contributed by atoms with Gasteiger partial charge in [-0.2, -0.15) is 0 Å². The van der Waals surface area contributed by atoms with Gasteiger partial charge in [-0.1, -0.05) is 18.7 Å². The molecule has 1 saturated heterocycles. The second kappa shape index (κ2) is 8.38. The Labute approximate surface area is 152 Å². The van der Waals surface area contributed by atoms with Crippen LogP contribution in [-0.4, -0.2) is 46.0 Å². The van der Waals surface area contributed by atoms with Crippen molar-refractivity contribution in [2.45, 2.75) is 40.7 Å². The van der Waals surface area contributed by atoms with Crippen LogP contribution in [0.4, 0.5) is 0 Å². The van der Waals surface area contributed by atoms with Gasteiger partial charge in [-0.15, -0.1) is 0 Å². The average molecular weight is 364 g/mol. The highest BCUT2D eigenvalue weighted by Gasteiger charge is 2.30. The summed E-state index contributed by atoms with van der Waals surface area (Å²) in [6.07, 6.45) is 2.27. The standard InChI is InChI=1S/C18H24N2O4S/c1-5-7-19-12(3)8-14(13(19)4)15(21)10-20-16(22)11-25-17(20)9-18(23)24-6-2/h8-9H,5-7,10-11H2,1-4H3/b17-9-. The van der Waals surface area contributed by atoms with Crippen molar-refractivity contribution in [3.8, 4) is 0 Å². The number of ketones is 1. The van der Waals surface area contributed by atoms with E-state index in [4.69, 9.17) is 4.74 Å². The first-order valence-electron chi connectivity index (χ1n) is 8.40. The van der Waals surface area contributed by atoms with Crippen molar-refractivity contribution in [1.82, 2.24) is 9.47 Å². The Morgan fingerprint density at radius 3 is 2.68 bits per heavy atom. The number of amides is 1. The van der Waals surface area contributed by atoms with E-state index in [1.54, 1.807) is 6.92 Å². The molecule has 1 aliphatic rings. The zero-order valence-corrected chi connectivity index (χ0v) is 15.9. The van der Waals surface area contributed by atoms with Crippen LogP contribution < -0.4 is 0 Å². The molecule has 136 valence electrons. The van der Waals surface area contributed by atoms with Crippen molar-refractivity contribution >= 4 is 29.4 Å². The Morgan fingerprint density at radius 2 is 2.04 bits per heavy atom. The Hall–Kier alpha value is -2.02. The van der Waals surface area contributed by atoms with Crippen LogP contribution in [0.1, 0.15) is 42.0 Å². The minimum absolute atomic E-state index is 0.0620.